The zero-order valence-electron chi connectivity index (χ0n) is 16.9. The van der Waals surface area contributed by atoms with E-state index in [9.17, 15) is 13.2 Å². The molecule has 1 aromatic heterocycles. The third-order valence-corrected chi connectivity index (χ3v) is 7.21. The molecule has 0 aliphatic carbocycles. The second kappa shape index (κ2) is 7.33. The Morgan fingerprint density at radius 2 is 1.86 bits per heavy atom. The summed E-state index contributed by atoms with van der Waals surface area (Å²) in [5.74, 6) is -0.0855. The highest BCUT2D eigenvalue weighted by atomic mass is 32.2. The lowest BCUT2D eigenvalue weighted by molar-refractivity contribution is -0.119. The Balaban J connectivity index is 1.80. The summed E-state index contributed by atoms with van der Waals surface area (Å²) in [6.45, 7) is 9.82. The van der Waals surface area contributed by atoms with Gasteiger partial charge in [0.15, 0.2) is 5.76 Å². The van der Waals surface area contributed by atoms with Gasteiger partial charge in [-0.05, 0) is 49.8 Å². The third-order valence-electron chi connectivity index (χ3n) is 5.06. The first kappa shape index (κ1) is 20.5. The van der Waals surface area contributed by atoms with Crippen molar-refractivity contribution in [1.82, 2.24) is 9.46 Å². The predicted molar refractivity (Wildman–Crippen MR) is 107 cm³/mol. The molecule has 1 N–H and O–H groups in total. The van der Waals surface area contributed by atoms with Gasteiger partial charge >= 0.3 is 0 Å². The van der Waals surface area contributed by atoms with Crippen LogP contribution in [0.4, 0.5) is 5.69 Å². The van der Waals surface area contributed by atoms with Gasteiger partial charge < -0.3 is 9.84 Å². The van der Waals surface area contributed by atoms with Gasteiger partial charge in [0, 0.05) is 12.2 Å². The zero-order valence-corrected chi connectivity index (χ0v) is 17.8. The number of anilines is 1. The lowest BCUT2D eigenvalue weighted by Crippen LogP contribution is -2.43. The van der Waals surface area contributed by atoms with E-state index in [2.05, 4.69) is 31.2 Å². The van der Waals surface area contributed by atoms with E-state index in [0.717, 1.165) is 5.56 Å². The van der Waals surface area contributed by atoms with E-state index in [1.807, 2.05) is 24.3 Å². The first-order valence-corrected chi connectivity index (χ1v) is 10.8. The van der Waals surface area contributed by atoms with Crippen molar-refractivity contribution >= 4 is 21.6 Å². The second-order valence-electron chi connectivity index (χ2n) is 8.24. The molecule has 0 spiro atoms. The number of nitrogens with zero attached hydrogens (tertiary/aromatic N) is 2. The lowest BCUT2D eigenvalue weighted by atomic mass is 9.87. The number of hydrogen-bond acceptors (Lipinski definition) is 5. The van der Waals surface area contributed by atoms with Crippen molar-refractivity contribution in [2.24, 2.45) is 0 Å². The molecule has 2 aromatic rings. The molecule has 3 rings (SSSR count). The summed E-state index contributed by atoms with van der Waals surface area (Å²) in [6, 6.07) is 6.90. The standard InChI is InChI=1S/C20H27N3O4S/c1-13-18(14(2)27-22-13)28(25,26)23-12-6-7-17(23)19(24)21-16-10-8-15(9-11-16)20(3,4)5/h8-11,17H,6-7,12H2,1-5H3,(H,21,24)/t17-/m1/s1. The largest absolute Gasteiger partial charge is 0.360 e. The van der Waals surface area contributed by atoms with Crippen LogP contribution in [0.3, 0.4) is 0 Å². The van der Waals surface area contributed by atoms with Crippen molar-refractivity contribution < 1.29 is 17.7 Å². The number of sulfonamides is 1. The topological polar surface area (TPSA) is 92.5 Å². The van der Waals surface area contributed by atoms with Gasteiger partial charge in [0.05, 0.1) is 0 Å². The molecule has 1 aliphatic rings. The monoisotopic (exact) mass is 405 g/mol. The highest BCUT2D eigenvalue weighted by molar-refractivity contribution is 7.89. The number of benzene rings is 1. The summed E-state index contributed by atoms with van der Waals surface area (Å²) >= 11 is 0. The van der Waals surface area contributed by atoms with E-state index < -0.39 is 16.1 Å². The molecular weight excluding hydrogens is 378 g/mol. The third kappa shape index (κ3) is 3.84. The van der Waals surface area contributed by atoms with Crippen molar-refractivity contribution in [2.75, 3.05) is 11.9 Å². The maximum absolute atomic E-state index is 13.1. The molecular formula is C20H27N3O4S. The Morgan fingerprint density at radius 1 is 1.21 bits per heavy atom. The smallest absolute Gasteiger partial charge is 0.249 e. The molecule has 2 heterocycles. The summed E-state index contributed by atoms with van der Waals surface area (Å²) in [5, 5.41) is 6.59. The number of rotatable bonds is 4. The van der Waals surface area contributed by atoms with Gasteiger partial charge in [-0.25, -0.2) is 8.42 Å². The van der Waals surface area contributed by atoms with E-state index in [4.69, 9.17) is 4.52 Å². The number of carbonyl (C=O) groups excluding carboxylic acids is 1. The van der Waals surface area contributed by atoms with Crippen molar-refractivity contribution in [3.63, 3.8) is 0 Å². The highest BCUT2D eigenvalue weighted by Crippen LogP contribution is 2.30. The Bertz CT molecular complexity index is 952. The molecule has 1 amide bonds. The number of nitrogens with one attached hydrogen (secondary N) is 1. The van der Waals surface area contributed by atoms with Gasteiger partial charge in [-0.2, -0.15) is 4.31 Å². The van der Waals surface area contributed by atoms with Gasteiger partial charge in [-0.15, -0.1) is 0 Å². The second-order valence-corrected chi connectivity index (χ2v) is 10.1. The molecule has 1 atom stereocenters. The number of carbonyl (C=O) groups is 1. The summed E-state index contributed by atoms with van der Waals surface area (Å²) in [7, 11) is -3.85. The minimum absolute atomic E-state index is 0.0210. The summed E-state index contributed by atoms with van der Waals surface area (Å²) in [6.07, 6.45) is 1.11. The first-order valence-electron chi connectivity index (χ1n) is 9.38. The van der Waals surface area contributed by atoms with Crippen molar-refractivity contribution in [3.8, 4) is 0 Å². The molecule has 1 saturated heterocycles. The highest BCUT2D eigenvalue weighted by Gasteiger charge is 2.41. The molecule has 0 unspecified atom stereocenters. The summed E-state index contributed by atoms with van der Waals surface area (Å²) < 4.78 is 32.5. The average molecular weight is 406 g/mol. The molecule has 7 nitrogen and oxygen atoms in total. The first-order chi connectivity index (χ1) is 13.0. The molecule has 1 aromatic carbocycles. The fourth-order valence-corrected chi connectivity index (χ4v) is 5.48. The van der Waals surface area contributed by atoms with Gasteiger partial charge in [0.2, 0.25) is 15.9 Å². The van der Waals surface area contributed by atoms with Crippen molar-refractivity contribution in [3.05, 3.63) is 41.3 Å². The quantitative estimate of drug-likeness (QED) is 0.842. The average Bonchev–Trinajstić information content (AvgIpc) is 3.22. The number of amides is 1. The summed E-state index contributed by atoms with van der Waals surface area (Å²) in [4.78, 5) is 12.9. The van der Waals surface area contributed by atoms with Crippen LogP contribution in [0.5, 0.6) is 0 Å². The Kier molecular flexibility index (Phi) is 5.38. The Morgan fingerprint density at radius 3 is 2.39 bits per heavy atom. The van der Waals surface area contributed by atoms with Crippen LogP contribution in [0.25, 0.3) is 0 Å². The number of aryl methyl sites for hydroxylation is 2. The normalized spacial score (nSPS) is 18.4. The van der Waals surface area contributed by atoms with E-state index in [1.54, 1.807) is 13.8 Å². The van der Waals surface area contributed by atoms with Crippen molar-refractivity contribution in [1.29, 1.82) is 0 Å². The van der Waals surface area contributed by atoms with Crippen LogP contribution in [0.2, 0.25) is 0 Å². The van der Waals surface area contributed by atoms with E-state index >= 15 is 0 Å². The van der Waals surface area contributed by atoms with Crippen LogP contribution < -0.4 is 5.32 Å². The number of aromatic nitrogens is 1. The maximum atomic E-state index is 13.1. The fourth-order valence-electron chi connectivity index (χ4n) is 3.53. The minimum atomic E-state index is -3.85. The van der Waals surface area contributed by atoms with Crippen molar-refractivity contribution in [2.45, 2.75) is 63.8 Å². The van der Waals surface area contributed by atoms with Gasteiger partial charge in [0.25, 0.3) is 0 Å². The van der Waals surface area contributed by atoms with E-state index in [-0.39, 0.29) is 22.0 Å². The number of hydrogen-bond donors (Lipinski definition) is 1. The van der Waals surface area contributed by atoms with Gasteiger partial charge in [0.1, 0.15) is 16.6 Å². The Hall–Kier alpha value is -2.19. The van der Waals surface area contributed by atoms with Crippen LogP contribution in [-0.2, 0) is 20.2 Å². The maximum Gasteiger partial charge on any atom is 0.249 e. The van der Waals surface area contributed by atoms with Gasteiger partial charge in [-0.3, -0.25) is 4.79 Å². The van der Waals surface area contributed by atoms with Crippen LogP contribution in [0, 0.1) is 13.8 Å². The van der Waals surface area contributed by atoms with E-state index in [1.165, 1.54) is 4.31 Å². The van der Waals surface area contributed by atoms with Gasteiger partial charge in [-0.1, -0.05) is 38.1 Å². The van der Waals surface area contributed by atoms with Crippen LogP contribution in [-0.4, -0.2) is 36.4 Å². The minimum Gasteiger partial charge on any atom is -0.360 e. The molecule has 28 heavy (non-hydrogen) atoms. The fraction of sp³-hybridized carbons (Fsp3) is 0.500. The summed E-state index contributed by atoms with van der Waals surface area (Å²) in [5.41, 5.74) is 2.14. The molecule has 152 valence electrons. The molecule has 0 radical (unpaired) electrons. The molecule has 0 saturated carbocycles. The SMILES string of the molecule is Cc1noc(C)c1S(=O)(=O)N1CCC[C@@H]1C(=O)Nc1ccc(C(C)(C)C)cc1. The van der Waals surface area contributed by atoms with Crippen LogP contribution >= 0.6 is 0 Å². The molecule has 0 bridgehead atoms. The lowest BCUT2D eigenvalue weighted by Gasteiger charge is -2.23. The molecule has 1 aliphatic heterocycles. The van der Waals surface area contributed by atoms with Crippen LogP contribution in [0.1, 0.15) is 50.6 Å². The molecule has 1 fully saturated rings. The zero-order chi connectivity index (χ0) is 20.7. The van der Waals surface area contributed by atoms with E-state index in [0.29, 0.717) is 30.8 Å². The Labute approximate surface area is 166 Å². The predicted octanol–water partition coefficient (Wildman–Crippen LogP) is 3.38. The molecule has 8 heteroatoms. The van der Waals surface area contributed by atoms with Crippen LogP contribution in [0.15, 0.2) is 33.7 Å².